The Bertz CT molecular complexity index is 897. The van der Waals surface area contributed by atoms with E-state index < -0.39 is 26.6 Å². The molecule has 0 saturated heterocycles. The highest BCUT2D eigenvalue weighted by atomic mass is 35.5. The van der Waals surface area contributed by atoms with Gasteiger partial charge in [-0.05, 0) is 30.3 Å². The minimum absolute atomic E-state index is 0.0162. The molecule has 2 N–H and O–H groups in total. The molecule has 0 bridgehead atoms. The number of nitrogens with one attached hydrogen (secondary N) is 1. The molecule has 23 heavy (non-hydrogen) atoms. The molecule has 2 rings (SSSR count). The third kappa shape index (κ3) is 3.76. The van der Waals surface area contributed by atoms with Crippen molar-refractivity contribution in [3.05, 3.63) is 63.2 Å². The number of nitro groups is 1. The van der Waals surface area contributed by atoms with E-state index in [1.165, 1.54) is 18.2 Å². The first-order valence-electron chi connectivity index (χ1n) is 6.01. The van der Waals surface area contributed by atoms with Crippen LogP contribution in [0.2, 0.25) is 5.02 Å². The van der Waals surface area contributed by atoms with E-state index in [9.17, 15) is 23.3 Å². The molecule has 0 aliphatic heterocycles. The van der Waals surface area contributed by atoms with Crippen molar-refractivity contribution in [2.24, 2.45) is 0 Å². The summed E-state index contributed by atoms with van der Waals surface area (Å²) in [6.07, 6.45) is 0. The predicted molar refractivity (Wildman–Crippen MR) is 82.3 cm³/mol. The fourth-order valence-electron chi connectivity index (χ4n) is 1.73. The molecule has 2 aromatic carbocycles. The number of carboxylic acid groups (broad SMARTS) is 1. The zero-order valence-corrected chi connectivity index (χ0v) is 12.8. The van der Waals surface area contributed by atoms with Gasteiger partial charge in [-0.15, -0.1) is 0 Å². The van der Waals surface area contributed by atoms with Crippen LogP contribution < -0.4 is 4.72 Å². The lowest BCUT2D eigenvalue weighted by molar-refractivity contribution is -0.384. The zero-order chi connectivity index (χ0) is 17.2. The average Bonchev–Trinajstić information content (AvgIpc) is 2.46. The minimum Gasteiger partial charge on any atom is -0.478 e. The summed E-state index contributed by atoms with van der Waals surface area (Å²) in [5.41, 5.74) is -0.636. The summed E-state index contributed by atoms with van der Waals surface area (Å²) < 4.78 is 26.6. The highest BCUT2D eigenvalue weighted by molar-refractivity contribution is 7.92. The second-order valence-electron chi connectivity index (χ2n) is 4.36. The molecule has 2 aromatic rings. The molecule has 0 aliphatic carbocycles. The van der Waals surface area contributed by atoms with Crippen LogP contribution >= 0.6 is 11.6 Å². The van der Waals surface area contributed by atoms with E-state index in [-0.39, 0.29) is 21.2 Å². The summed E-state index contributed by atoms with van der Waals surface area (Å²) in [5.74, 6) is -1.21. The van der Waals surface area contributed by atoms with Crippen molar-refractivity contribution < 1.29 is 23.2 Å². The van der Waals surface area contributed by atoms with Crippen LogP contribution in [-0.2, 0) is 10.0 Å². The van der Waals surface area contributed by atoms with Crippen LogP contribution in [0.3, 0.4) is 0 Å². The third-order valence-corrected chi connectivity index (χ3v) is 4.48. The van der Waals surface area contributed by atoms with E-state index in [0.29, 0.717) is 0 Å². The minimum atomic E-state index is -4.13. The number of hydrogen-bond acceptors (Lipinski definition) is 5. The van der Waals surface area contributed by atoms with Gasteiger partial charge >= 0.3 is 5.97 Å². The molecule has 0 unspecified atom stereocenters. The average molecular weight is 357 g/mol. The van der Waals surface area contributed by atoms with E-state index in [0.717, 1.165) is 24.3 Å². The fraction of sp³-hybridized carbons (Fsp3) is 0. The molecule has 0 heterocycles. The van der Waals surface area contributed by atoms with Gasteiger partial charge < -0.3 is 5.11 Å². The van der Waals surface area contributed by atoms with Crippen molar-refractivity contribution in [2.45, 2.75) is 4.90 Å². The number of nitro benzene ring substituents is 1. The third-order valence-electron chi connectivity index (χ3n) is 2.79. The Labute approximate surface area is 135 Å². The Morgan fingerprint density at radius 2 is 1.91 bits per heavy atom. The second-order valence-corrected chi connectivity index (χ2v) is 6.45. The number of carboxylic acids is 1. The van der Waals surface area contributed by atoms with Gasteiger partial charge in [0.1, 0.15) is 5.02 Å². The molecule has 0 amide bonds. The SMILES string of the molecule is O=C(O)c1cccc(NS(=O)(=O)c2ccc(Cl)c([N+](=O)[O-])c2)c1. The summed E-state index contributed by atoms with van der Waals surface area (Å²) in [4.78, 5) is 20.5. The monoisotopic (exact) mass is 356 g/mol. The summed E-state index contributed by atoms with van der Waals surface area (Å²) in [6.45, 7) is 0. The summed E-state index contributed by atoms with van der Waals surface area (Å²) in [5, 5.41) is 19.5. The largest absolute Gasteiger partial charge is 0.478 e. The smallest absolute Gasteiger partial charge is 0.335 e. The van der Waals surface area contributed by atoms with Gasteiger partial charge in [-0.3, -0.25) is 14.8 Å². The maximum absolute atomic E-state index is 12.2. The Morgan fingerprint density at radius 3 is 2.52 bits per heavy atom. The number of carbonyl (C=O) groups is 1. The summed E-state index contributed by atoms with van der Waals surface area (Å²) in [6, 6.07) is 8.18. The highest BCUT2D eigenvalue weighted by Crippen LogP contribution is 2.28. The number of sulfonamides is 1. The van der Waals surface area contributed by atoms with Gasteiger partial charge in [0.05, 0.1) is 15.4 Å². The molecule has 0 saturated carbocycles. The molecule has 8 nitrogen and oxygen atoms in total. The fourth-order valence-corrected chi connectivity index (χ4v) is 2.98. The van der Waals surface area contributed by atoms with E-state index in [4.69, 9.17) is 16.7 Å². The van der Waals surface area contributed by atoms with Crippen LogP contribution in [0, 0.1) is 10.1 Å². The quantitative estimate of drug-likeness (QED) is 0.626. The molecular weight excluding hydrogens is 348 g/mol. The van der Waals surface area contributed by atoms with E-state index in [1.54, 1.807) is 0 Å². The van der Waals surface area contributed by atoms with Crippen LogP contribution in [0.25, 0.3) is 0 Å². The zero-order valence-electron chi connectivity index (χ0n) is 11.3. The molecule has 0 atom stereocenters. The maximum atomic E-state index is 12.2. The lowest BCUT2D eigenvalue weighted by Crippen LogP contribution is -2.13. The van der Waals surface area contributed by atoms with Gasteiger partial charge in [-0.2, -0.15) is 0 Å². The number of aromatic carboxylic acids is 1. The number of anilines is 1. The molecule has 0 aliphatic rings. The van der Waals surface area contributed by atoms with Crippen molar-refractivity contribution in [3.8, 4) is 0 Å². The number of hydrogen-bond donors (Lipinski definition) is 2. The molecule has 0 radical (unpaired) electrons. The lowest BCUT2D eigenvalue weighted by Gasteiger charge is -2.09. The van der Waals surface area contributed by atoms with Gasteiger partial charge in [0, 0.05) is 11.8 Å². The highest BCUT2D eigenvalue weighted by Gasteiger charge is 2.21. The maximum Gasteiger partial charge on any atom is 0.335 e. The topological polar surface area (TPSA) is 127 Å². The number of nitrogens with zero attached hydrogens (tertiary/aromatic N) is 1. The first-order valence-corrected chi connectivity index (χ1v) is 7.87. The Morgan fingerprint density at radius 1 is 1.22 bits per heavy atom. The Kier molecular flexibility index (Phi) is 4.52. The van der Waals surface area contributed by atoms with Crippen LogP contribution in [-0.4, -0.2) is 24.4 Å². The number of halogens is 1. The summed E-state index contributed by atoms with van der Waals surface area (Å²) >= 11 is 5.63. The first kappa shape index (κ1) is 16.7. The predicted octanol–water partition coefficient (Wildman–Crippen LogP) is 2.75. The first-order chi connectivity index (χ1) is 10.7. The number of rotatable bonds is 5. The van der Waals surface area contributed by atoms with Crippen molar-refractivity contribution in [1.82, 2.24) is 0 Å². The molecule has 0 fully saturated rings. The van der Waals surface area contributed by atoms with E-state index >= 15 is 0 Å². The number of benzene rings is 2. The second kappa shape index (κ2) is 6.23. The molecule has 10 heteroatoms. The van der Waals surface area contributed by atoms with Crippen molar-refractivity contribution >= 4 is 39.0 Å². The van der Waals surface area contributed by atoms with Crippen molar-refractivity contribution in [2.75, 3.05) is 4.72 Å². The Balaban J connectivity index is 2.40. The Hall–Kier alpha value is -2.65. The molecule has 120 valence electrons. The van der Waals surface area contributed by atoms with Crippen LogP contribution in [0.1, 0.15) is 10.4 Å². The standard InChI is InChI=1S/C13H9ClN2O6S/c14-11-5-4-10(7-12(11)16(19)20)23(21,22)15-9-3-1-2-8(6-9)13(17)18/h1-7,15H,(H,17,18). The van der Waals surface area contributed by atoms with Crippen LogP contribution in [0.4, 0.5) is 11.4 Å². The van der Waals surface area contributed by atoms with Gasteiger partial charge in [0.2, 0.25) is 0 Å². The molecule has 0 spiro atoms. The normalized spacial score (nSPS) is 11.0. The van der Waals surface area contributed by atoms with Gasteiger partial charge in [-0.25, -0.2) is 13.2 Å². The molecule has 0 aromatic heterocycles. The van der Waals surface area contributed by atoms with E-state index in [1.807, 2.05) is 0 Å². The van der Waals surface area contributed by atoms with Gasteiger partial charge in [-0.1, -0.05) is 17.7 Å². The lowest BCUT2D eigenvalue weighted by atomic mass is 10.2. The van der Waals surface area contributed by atoms with Crippen molar-refractivity contribution in [1.29, 1.82) is 0 Å². The van der Waals surface area contributed by atoms with Crippen molar-refractivity contribution in [3.63, 3.8) is 0 Å². The van der Waals surface area contributed by atoms with Crippen LogP contribution in [0.5, 0.6) is 0 Å². The summed E-state index contributed by atoms with van der Waals surface area (Å²) in [7, 11) is -4.13. The van der Waals surface area contributed by atoms with E-state index in [2.05, 4.69) is 4.72 Å². The molecular formula is C13H9ClN2O6S. The van der Waals surface area contributed by atoms with Gasteiger partial charge in [0.25, 0.3) is 15.7 Å². The van der Waals surface area contributed by atoms with Gasteiger partial charge in [0.15, 0.2) is 0 Å². The van der Waals surface area contributed by atoms with Crippen LogP contribution in [0.15, 0.2) is 47.4 Å².